The Hall–Kier alpha value is -2.29. The second-order valence-electron chi connectivity index (χ2n) is 6.40. The highest BCUT2D eigenvalue weighted by molar-refractivity contribution is 5.89. The molecule has 0 aliphatic heterocycles. The van der Waals surface area contributed by atoms with Crippen molar-refractivity contribution in [1.29, 1.82) is 0 Å². The van der Waals surface area contributed by atoms with Crippen molar-refractivity contribution in [1.82, 2.24) is 10.2 Å². The quantitative estimate of drug-likeness (QED) is 0.716. The van der Waals surface area contributed by atoms with Crippen molar-refractivity contribution in [2.75, 3.05) is 18.4 Å². The molecule has 3 N–H and O–H groups in total. The largest absolute Gasteiger partial charge is 0.480 e. The summed E-state index contributed by atoms with van der Waals surface area (Å²) < 4.78 is 38.7. The van der Waals surface area contributed by atoms with E-state index in [9.17, 15) is 22.8 Å². The molecule has 0 heterocycles. The number of likely N-dealkylation sites (N-methyl/N-ethyl adjacent to an activating group) is 1. The Morgan fingerprint density at radius 2 is 1.96 bits per heavy atom. The highest BCUT2D eigenvalue weighted by Crippen LogP contribution is 2.33. The summed E-state index contributed by atoms with van der Waals surface area (Å²) in [5.74, 6) is -0.902. The van der Waals surface area contributed by atoms with E-state index < -0.39 is 23.7 Å². The van der Waals surface area contributed by atoms with Gasteiger partial charge in [0, 0.05) is 17.8 Å². The fraction of sp³-hybridized carbons (Fsp3) is 0.529. The highest BCUT2D eigenvalue weighted by atomic mass is 19.4. The lowest BCUT2D eigenvalue weighted by Gasteiger charge is -2.42. The molecule has 0 unspecified atom stereocenters. The van der Waals surface area contributed by atoms with Gasteiger partial charge in [0.2, 0.25) is 0 Å². The Labute approximate surface area is 149 Å². The molecule has 1 aliphatic rings. The van der Waals surface area contributed by atoms with Crippen molar-refractivity contribution in [3.05, 3.63) is 29.3 Å². The van der Waals surface area contributed by atoms with Crippen LogP contribution in [0.25, 0.3) is 0 Å². The molecule has 144 valence electrons. The SMILES string of the molecule is CCN(CC(=O)O)C1CC(NC(=O)Nc2ccc(C)c(C(F)(F)F)c2)C1. The number of aliphatic carboxylic acids is 1. The smallest absolute Gasteiger partial charge is 0.416 e. The summed E-state index contributed by atoms with van der Waals surface area (Å²) in [7, 11) is 0. The van der Waals surface area contributed by atoms with Crippen molar-refractivity contribution in [3.63, 3.8) is 0 Å². The molecule has 0 spiro atoms. The second-order valence-corrected chi connectivity index (χ2v) is 6.40. The number of halogens is 3. The number of anilines is 1. The van der Waals surface area contributed by atoms with Crippen molar-refractivity contribution >= 4 is 17.7 Å². The summed E-state index contributed by atoms with van der Waals surface area (Å²) in [5, 5.41) is 14.0. The van der Waals surface area contributed by atoms with E-state index in [1.54, 1.807) is 0 Å². The van der Waals surface area contributed by atoms with Crippen LogP contribution in [0.4, 0.5) is 23.7 Å². The number of hydrogen-bond donors (Lipinski definition) is 3. The number of urea groups is 1. The maximum Gasteiger partial charge on any atom is 0.416 e. The van der Waals surface area contributed by atoms with Crippen molar-refractivity contribution in [2.45, 2.75) is 44.9 Å². The molecule has 0 bridgehead atoms. The predicted octanol–water partition coefficient (Wildman–Crippen LogP) is 3.07. The number of carboxylic acid groups (broad SMARTS) is 1. The number of benzene rings is 1. The Kier molecular flexibility index (Phi) is 6.12. The van der Waals surface area contributed by atoms with E-state index in [2.05, 4.69) is 10.6 Å². The molecular formula is C17H22F3N3O3. The lowest BCUT2D eigenvalue weighted by Crippen LogP contribution is -2.55. The van der Waals surface area contributed by atoms with Gasteiger partial charge in [-0.1, -0.05) is 13.0 Å². The number of aryl methyl sites for hydroxylation is 1. The van der Waals surface area contributed by atoms with Crippen LogP contribution in [0.3, 0.4) is 0 Å². The zero-order chi connectivity index (χ0) is 19.5. The molecule has 1 fully saturated rings. The molecule has 1 aromatic carbocycles. The van der Waals surface area contributed by atoms with Crippen LogP contribution in [-0.2, 0) is 11.0 Å². The molecule has 1 aliphatic carbocycles. The zero-order valence-electron chi connectivity index (χ0n) is 14.6. The summed E-state index contributed by atoms with van der Waals surface area (Å²) in [4.78, 5) is 24.6. The minimum atomic E-state index is -4.48. The number of carbonyl (C=O) groups excluding carboxylic acids is 1. The van der Waals surface area contributed by atoms with Gasteiger partial charge in [0.15, 0.2) is 0 Å². The van der Waals surface area contributed by atoms with Crippen LogP contribution in [0.15, 0.2) is 18.2 Å². The first kappa shape index (κ1) is 20.0. The first-order valence-corrected chi connectivity index (χ1v) is 8.31. The van der Waals surface area contributed by atoms with Gasteiger partial charge in [-0.05, 0) is 44.0 Å². The number of hydrogen-bond acceptors (Lipinski definition) is 3. The Morgan fingerprint density at radius 3 is 2.50 bits per heavy atom. The van der Waals surface area contributed by atoms with E-state index in [1.165, 1.54) is 19.1 Å². The predicted molar refractivity (Wildman–Crippen MR) is 90.0 cm³/mol. The maximum atomic E-state index is 12.9. The number of rotatable bonds is 6. The van der Waals surface area contributed by atoms with E-state index in [0.29, 0.717) is 19.4 Å². The fourth-order valence-electron chi connectivity index (χ4n) is 3.03. The van der Waals surface area contributed by atoms with Crippen LogP contribution < -0.4 is 10.6 Å². The van der Waals surface area contributed by atoms with E-state index in [0.717, 1.165) is 6.07 Å². The molecule has 6 nitrogen and oxygen atoms in total. The van der Waals surface area contributed by atoms with Crippen LogP contribution in [0.5, 0.6) is 0 Å². The summed E-state index contributed by atoms with van der Waals surface area (Å²) in [6, 6.07) is 3.01. The third-order valence-electron chi connectivity index (χ3n) is 4.51. The van der Waals surface area contributed by atoms with Gasteiger partial charge in [-0.3, -0.25) is 9.69 Å². The van der Waals surface area contributed by atoms with E-state index >= 15 is 0 Å². The van der Waals surface area contributed by atoms with Crippen molar-refractivity contribution in [2.24, 2.45) is 0 Å². The number of carboxylic acids is 1. The normalized spacial score (nSPS) is 19.8. The van der Waals surface area contributed by atoms with Crippen LogP contribution in [0, 0.1) is 6.92 Å². The van der Waals surface area contributed by atoms with Gasteiger partial charge in [-0.2, -0.15) is 13.2 Å². The Balaban J connectivity index is 1.86. The molecule has 0 atom stereocenters. The highest BCUT2D eigenvalue weighted by Gasteiger charge is 2.35. The first-order chi connectivity index (χ1) is 12.1. The lowest BCUT2D eigenvalue weighted by atomic mass is 9.85. The first-order valence-electron chi connectivity index (χ1n) is 8.31. The van der Waals surface area contributed by atoms with E-state index in [4.69, 9.17) is 5.11 Å². The van der Waals surface area contributed by atoms with E-state index in [1.807, 2.05) is 11.8 Å². The van der Waals surface area contributed by atoms with Gasteiger partial charge in [-0.15, -0.1) is 0 Å². The third kappa shape index (κ3) is 5.10. The summed E-state index contributed by atoms with van der Waals surface area (Å²) in [5.41, 5.74) is -0.632. The Morgan fingerprint density at radius 1 is 1.31 bits per heavy atom. The number of amides is 2. The minimum absolute atomic E-state index is 0.0519. The third-order valence-corrected chi connectivity index (χ3v) is 4.51. The molecule has 1 aromatic rings. The molecule has 0 saturated heterocycles. The average molecular weight is 373 g/mol. The van der Waals surface area contributed by atoms with Crippen molar-refractivity contribution < 1.29 is 27.9 Å². The van der Waals surface area contributed by atoms with Crippen LogP contribution in [0.1, 0.15) is 30.9 Å². The van der Waals surface area contributed by atoms with E-state index in [-0.39, 0.29) is 29.9 Å². The van der Waals surface area contributed by atoms with Gasteiger partial charge >= 0.3 is 18.2 Å². The second kappa shape index (κ2) is 7.94. The van der Waals surface area contributed by atoms with Gasteiger partial charge in [0.1, 0.15) is 0 Å². The average Bonchev–Trinajstić information content (AvgIpc) is 2.49. The number of alkyl halides is 3. The molecule has 26 heavy (non-hydrogen) atoms. The monoisotopic (exact) mass is 373 g/mol. The van der Waals surface area contributed by atoms with Gasteiger partial charge in [0.05, 0.1) is 12.1 Å². The molecule has 0 radical (unpaired) electrons. The van der Waals surface area contributed by atoms with Gasteiger partial charge in [0.25, 0.3) is 0 Å². The molecule has 2 rings (SSSR count). The topological polar surface area (TPSA) is 81.7 Å². The number of nitrogens with one attached hydrogen (secondary N) is 2. The maximum absolute atomic E-state index is 12.9. The van der Waals surface area contributed by atoms with Gasteiger partial charge in [-0.25, -0.2) is 4.79 Å². The summed E-state index contributed by atoms with van der Waals surface area (Å²) in [6.07, 6.45) is -3.26. The molecule has 2 amide bonds. The zero-order valence-corrected chi connectivity index (χ0v) is 14.6. The minimum Gasteiger partial charge on any atom is -0.480 e. The van der Waals surface area contributed by atoms with Crippen LogP contribution in [0.2, 0.25) is 0 Å². The summed E-state index contributed by atoms with van der Waals surface area (Å²) >= 11 is 0. The van der Waals surface area contributed by atoms with Crippen LogP contribution >= 0.6 is 0 Å². The summed E-state index contributed by atoms with van der Waals surface area (Å²) in [6.45, 7) is 3.77. The van der Waals surface area contributed by atoms with Gasteiger partial charge < -0.3 is 15.7 Å². The Bertz CT molecular complexity index is 673. The number of nitrogens with zero attached hydrogens (tertiary/aromatic N) is 1. The number of carbonyl (C=O) groups is 2. The lowest BCUT2D eigenvalue weighted by molar-refractivity contribution is -0.139. The van der Waals surface area contributed by atoms with Crippen LogP contribution in [-0.4, -0.2) is 47.2 Å². The fourth-order valence-corrected chi connectivity index (χ4v) is 3.03. The molecule has 9 heteroatoms. The molecular weight excluding hydrogens is 351 g/mol. The molecule has 0 aromatic heterocycles. The molecule has 1 saturated carbocycles. The van der Waals surface area contributed by atoms with Crippen molar-refractivity contribution in [3.8, 4) is 0 Å². The standard InChI is InChI=1S/C17H22F3N3O3/c1-3-23(9-15(24)25)13-6-12(7-13)22-16(26)21-11-5-4-10(2)14(8-11)17(18,19)20/h4-5,8,12-13H,3,6-7,9H2,1-2H3,(H,24,25)(H2,21,22,26).